The largest absolute Gasteiger partial charge is 0.331 e. The maximum atomic E-state index is 14.2. The smallest absolute Gasteiger partial charge is 0.259 e. The molecule has 1 aromatic heterocycles. The zero-order valence-electron chi connectivity index (χ0n) is 19.0. The second kappa shape index (κ2) is 9.82. The van der Waals surface area contributed by atoms with E-state index in [1.165, 1.54) is 23.5 Å². The van der Waals surface area contributed by atoms with E-state index in [1.54, 1.807) is 29.2 Å². The fourth-order valence-corrected chi connectivity index (χ4v) is 5.48. The quantitative estimate of drug-likeness (QED) is 0.514. The Morgan fingerprint density at radius 1 is 1.22 bits per heavy atom. The first-order valence-corrected chi connectivity index (χ1v) is 11.7. The van der Waals surface area contributed by atoms with Crippen LogP contribution < -0.4 is 5.32 Å². The zero-order chi connectivity index (χ0) is 23.5. The van der Waals surface area contributed by atoms with E-state index in [4.69, 9.17) is 0 Å². The van der Waals surface area contributed by atoms with Crippen LogP contribution in [0.3, 0.4) is 0 Å². The summed E-state index contributed by atoms with van der Waals surface area (Å²) >= 11 is 1.44. The van der Waals surface area contributed by atoms with Crippen molar-refractivity contribution < 1.29 is 14.0 Å². The van der Waals surface area contributed by atoms with E-state index in [1.807, 2.05) is 0 Å². The first kappa shape index (κ1) is 23.9. The number of rotatable bonds is 7. The second-order valence-corrected chi connectivity index (χ2v) is 10.3. The van der Waals surface area contributed by atoms with Gasteiger partial charge in [0.2, 0.25) is 0 Å². The molecule has 0 saturated carbocycles. The highest BCUT2D eigenvalue weighted by Gasteiger charge is 2.35. The Morgan fingerprint density at radius 2 is 1.88 bits per heavy atom. The van der Waals surface area contributed by atoms with Crippen LogP contribution in [-0.4, -0.2) is 29.8 Å². The van der Waals surface area contributed by atoms with Gasteiger partial charge in [-0.2, -0.15) is 0 Å². The summed E-state index contributed by atoms with van der Waals surface area (Å²) in [6.45, 7) is 15.0. The number of hydrogen-bond donors (Lipinski definition) is 1. The number of thiophene rings is 1. The lowest BCUT2D eigenvalue weighted by atomic mass is 9.72. The maximum Gasteiger partial charge on any atom is 0.259 e. The number of anilines is 1. The summed E-state index contributed by atoms with van der Waals surface area (Å²) in [5.41, 5.74) is 1.63. The first-order valence-electron chi connectivity index (χ1n) is 10.9. The average molecular weight is 455 g/mol. The van der Waals surface area contributed by atoms with Gasteiger partial charge in [-0.3, -0.25) is 9.59 Å². The predicted molar refractivity (Wildman–Crippen MR) is 130 cm³/mol. The van der Waals surface area contributed by atoms with Crippen LogP contribution in [0.25, 0.3) is 0 Å². The molecule has 0 bridgehead atoms. The van der Waals surface area contributed by atoms with Gasteiger partial charge in [-0.05, 0) is 48.3 Å². The van der Waals surface area contributed by atoms with E-state index in [-0.39, 0.29) is 16.9 Å². The average Bonchev–Trinajstić information content (AvgIpc) is 3.09. The van der Waals surface area contributed by atoms with Crippen molar-refractivity contribution in [3.8, 4) is 0 Å². The third kappa shape index (κ3) is 5.01. The molecule has 1 atom stereocenters. The molecule has 0 aliphatic heterocycles. The highest BCUT2D eigenvalue weighted by atomic mass is 32.1. The normalized spacial score (nSPS) is 15.6. The minimum Gasteiger partial charge on any atom is -0.331 e. The first-order chi connectivity index (χ1) is 15.2. The molecule has 170 valence electrons. The van der Waals surface area contributed by atoms with Gasteiger partial charge >= 0.3 is 0 Å². The van der Waals surface area contributed by atoms with Crippen LogP contribution in [0.15, 0.2) is 49.6 Å². The van der Waals surface area contributed by atoms with Gasteiger partial charge in [-0.1, -0.05) is 45.1 Å². The van der Waals surface area contributed by atoms with E-state index < -0.39 is 11.7 Å². The van der Waals surface area contributed by atoms with Crippen molar-refractivity contribution >= 4 is 28.2 Å². The number of benzene rings is 1. The summed E-state index contributed by atoms with van der Waals surface area (Å²) in [5, 5.41) is 3.33. The molecule has 4 nitrogen and oxygen atoms in total. The fourth-order valence-electron chi connectivity index (χ4n) is 4.17. The molecule has 32 heavy (non-hydrogen) atoms. The molecule has 1 aliphatic carbocycles. The Hall–Kier alpha value is -2.73. The number of carbonyl (C=O) groups is 2. The van der Waals surface area contributed by atoms with Crippen molar-refractivity contribution in [3.63, 3.8) is 0 Å². The Kier molecular flexibility index (Phi) is 7.34. The minimum absolute atomic E-state index is 0.0427. The second-order valence-electron chi connectivity index (χ2n) is 9.24. The lowest BCUT2D eigenvalue weighted by Crippen LogP contribution is -2.33. The van der Waals surface area contributed by atoms with Gasteiger partial charge in [-0.25, -0.2) is 4.39 Å². The van der Waals surface area contributed by atoms with Crippen LogP contribution in [0, 0.1) is 17.2 Å². The number of amides is 2. The molecule has 0 saturated heterocycles. The monoisotopic (exact) mass is 454 g/mol. The van der Waals surface area contributed by atoms with Crippen LogP contribution >= 0.6 is 11.3 Å². The molecule has 0 unspecified atom stereocenters. The Labute approximate surface area is 193 Å². The molecule has 1 heterocycles. The van der Waals surface area contributed by atoms with E-state index in [2.05, 4.69) is 39.2 Å². The lowest BCUT2D eigenvalue weighted by Gasteiger charge is -2.34. The third-order valence-electron chi connectivity index (χ3n) is 6.04. The van der Waals surface area contributed by atoms with Gasteiger partial charge in [0.15, 0.2) is 0 Å². The molecule has 0 spiro atoms. The van der Waals surface area contributed by atoms with Crippen molar-refractivity contribution in [1.82, 2.24) is 4.90 Å². The topological polar surface area (TPSA) is 49.4 Å². The van der Waals surface area contributed by atoms with Crippen molar-refractivity contribution in [2.45, 2.75) is 40.0 Å². The summed E-state index contributed by atoms with van der Waals surface area (Å²) in [6.07, 6.45) is 5.97. The fraction of sp³-hybridized carbons (Fsp3) is 0.385. The molecule has 0 fully saturated rings. The van der Waals surface area contributed by atoms with Crippen molar-refractivity contribution in [1.29, 1.82) is 0 Å². The summed E-state index contributed by atoms with van der Waals surface area (Å²) in [5.74, 6) is -0.821. The molecule has 2 amide bonds. The minimum atomic E-state index is -0.591. The third-order valence-corrected chi connectivity index (χ3v) is 7.21. The van der Waals surface area contributed by atoms with Crippen molar-refractivity contribution in [2.75, 3.05) is 18.4 Å². The molecular formula is C26H31FN2O2S. The van der Waals surface area contributed by atoms with Crippen LogP contribution in [-0.2, 0) is 12.8 Å². The number of nitrogens with one attached hydrogen (secondary N) is 1. The molecular weight excluding hydrogens is 423 g/mol. The molecule has 3 rings (SSSR count). The van der Waals surface area contributed by atoms with Gasteiger partial charge in [0.05, 0.1) is 11.1 Å². The van der Waals surface area contributed by atoms with Gasteiger partial charge in [0.25, 0.3) is 11.8 Å². The number of hydrogen-bond acceptors (Lipinski definition) is 3. The molecule has 1 N–H and O–H groups in total. The number of halogens is 1. The van der Waals surface area contributed by atoms with Crippen LogP contribution in [0.5, 0.6) is 0 Å². The molecule has 0 radical (unpaired) electrons. The summed E-state index contributed by atoms with van der Waals surface area (Å²) in [7, 11) is 0. The van der Waals surface area contributed by atoms with Gasteiger partial charge < -0.3 is 10.2 Å². The van der Waals surface area contributed by atoms with Crippen molar-refractivity contribution in [2.24, 2.45) is 11.3 Å². The number of carbonyl (C=O) groups excluding carboxylic acids is 2. The van der Waals surface area contributed by atoms with E-state index in [0.29, 0.717) is 29.6 Å². The molecule has 6 heteroatoms. The van der Waals surface area contributed by atoms with E-state index in [9.17, 15) is 14.0 Å². The highest BCUT2D eigenvalue weighted by Crippen LogP contribution is 2.44. The summed E-state index contributed by atoms with van der Waals surface area (Å²) in [6, 6.07) is 5.86. The summed E-state index contributed by atoms with van der Waals surface area (Å²) < 4.78 is 14.2. The van der Waals surface area contributed by atoms with Crippen LogP contribution in [0.1, 0.15) is 58.3 Å². The van der Waals surface area contributed by atoms with E-state index in [0.717, 1.165) is 29.7 Å². The molecule has 1 aliphatic rings. The van der Waals surface area contributed by atoms with Gasteiger partial charge in [-0.15, -0.1) is 24.5 Å². The lowest BCUT2D eigenvalue weighted by molar-refractivity contribution is 0.0790. The SMILES string of the molecule is C=CCN(CC=C)C(=O)c1c(NC(=O)c2ccccc2F)sc2c1CC[C@H](C(C)(C)C)C2. The standard InChI is InChI=1S/C26H31FN2O2S/c1-6-14-29(15-7-2)25(31)22-19-13-12-17(26(3,4)5)16-21(19)32-24(22)28-23(30)18-10-8-9-11-20(18)27/h6-11,17H,1-2,12-16H2,3-5H3,(H,28,30)/t17-/m0/s1. The molecule has 1 aromatic carbocycles. The number of nitrogens with zero attached hydrogens (tertiary/aromatic N) is 1. The summed E-state index contributed by atoms with van der Waals surface area (Å²) in [4.78, 5) is 29.2. The van der Waals surface area contributed by atoms with E-state index >= 15 is 0 Å². The zero-order valence-corrected chi connectivity index (χ0v) is 19.9. The van der Waals surface area contributed by atoms with Crippen LogP contribution in [0.4, 0.5) is 9.39 Å². The van der Waals surface area contributed by atoms with Crippen molar-refractivity contribution in [3.05, 3.63) is 77.0 Å². The Bertz CT molecular complexity index is 1020. The maximum absolute atomic E-state index is 14.2. The molecule has 2 aromatic rings. The number of fused-ring (bicyclic) bond motifs is 1. The highest BCUT2D eigenvalue weighted by molar-refractivity contribution is 7.17. The van der Waals surface area contributed by atoms with Gasteiger partial charge in [0.1, 0.15) is 10.8 Å². The Morgan fingerprint density at radius 3 is 2.47 bits per heavy atom. The Balaban J connectivity index is 2.03. The predicted octanol–water partition coefficient (Wildman–Crippen LogP) is 6.10. The van der Waals surface area contributed by atoms with Crippen LogP contribution in [0.2, 0.25) is 0 Å². The van der Waals surface area contributed by atoms with Gasteiger partial charge in [0, 0.05) is 18.0 Å².